The largest absolute Gasteiger partial charge is 0.497 e. The van der Waals surface area contributed by atoms with Crippen LogP contribution in [0.5, 0.6) is 5.75 Å². The second-order valence-electron chi connectivity index (χ2n) is 4.73. The fraction of sp³-hybridized carbons (Fsp3) is 0.385. The van der Waals surface area contributed by atoms with Crippen molar-refractivity contribution in [1.82, 2.24) is 10.1 Å². The number of nitrogens with two attached hydrogens (primary N) is 1. The molecule has 0 amide bonds. The second kappa shape index (κ2) is 4.01. The molecule has 94 valence electrons. The molecule has 2 atom stereocenters. The maximum absolute atomic E-state index is 5.95. The lowest BCUT2D eigenvalue weighted by molar-refractivity contribution is 0.414. The topological polar surface area (TPSA) is 74.2 Å². The van der Waals surface area contributed by atoms with Crippen molar-refractivity contribution in [2.75, 3.05) is 12.8 Å². The molecule has 1 fully saturated rings. The fourth-order valence-electron chi connectivity index (χ4n) is 2.04. The molecule has 2 aromatic rings. The molecule has 18 heavy (non-hydrogen) atoms. The van der Waals surface area contributed by atoms with E-state index in [1.807, 2.05) is 12.1 Å². The standard InChI is InChI=1S/C13H15N3O2/c1-7-5-10(7)12-15-13(18-16-12)9-4-3-8(17-2)6-11(9)14/h3-4,6-7,10H,5,14H2,1-2H3. The average molecular weight is 245 g/mol. The summed E-state index contributed by atoms with van der Waals surface area (Å²) in [5.74, 6) is 3.08. The molecule has 1 aliphatic rings. The number of hydrogen-bond acceptors (Lipinski definition) is 5. The Balaban J connectivity index is 1.92. The lowest BCUT2D eigenvalue weighted by Crippen LogP contribution is -1.92. The van der Waals surface area contributed by atoms with Gasteiger partial charge >= 0.3 is 0 Å². The van der Waals surface area contributed by atoms with Crippen LogP contribution in [0.4, 0.5) is 5.69 Å². The van der Waals surface area contributed by atoms with Crippen molar-refractivity contribution < 1.29 is 9.26 Å². The first-order chi connectivity index (χ1) is 8.69. The van der Waals surface area contributed by atoms with Crippen LogP contribution in [-0.4, -0.2) is 17.3 Å². The number of nitrogen functional groups attached to an aromatic ring is 1. The number of methoxy groups -OCH3 is 1. The number of rotatable bonds is 3. The van der Waals surface area contributed by atoms with Gasteiger partial charge in [-0.15, -0.1) is 0 Å². The highest BCUT2D eigenvalue weighted by Gasteiger charge is 2.38. The number of hydrogen-bond donors (Lipinski definition) is 1. The molecular weight excluding hydrogens is 230 g/mol. The Kier molecular flexibility index (Phi) is 2.47. The van der Waals surface area contributed by atoms with E-state index in [-0.39, 0.29) is 0 Å². The molecule has 5 heteroatoms. The van der Waals surface area contributed by atoms with Gasteiger partial charge < -0.3 is 15.0 Å². The molecule has 1 heterocycles. The average Bonchev–Trinajstić information content (AvgIpc) is 2.91. The molecule has 3 rings (SSSR count). The smallest absolute Gasteiger partial charge is 0.260 e. The zero-order chi connectivity index (χ0) is 12.7. The first-order valence-corrected chi connectivity index (χ1v) is 5.96. The van der Waals surface area contributed by atoms with Crippen LogP contribution in [0.1, 0.15) is 25.1 Å². The summed E-state index contributed by atoms with van der Waals surface area (Å²) in [5, 5.41) is 4.02. The van der Waals surface area contributed by atoms with Crippen molar-refractivity contribution in [3.05, 3.63) is 24.0 Å². The molecule has 1 aromatic heterocycles. The Morgan fingerprint density at radius 2 is 2.22 bits per heavy atom. The number of aromatic nitrogens is 2. The van der Waals surface area contributed by atoms with Crippen LogP contribution in [0.3, 0.4) is 0 Å². The lowest BCUT2D eigenvalue weighted by atomic mass is 10.1. The number of benzene rings is 1. The second-order valence-corrected chi connectivity index (χ2v) is 4.73. The Morgan fingerprint density at radius 3 is 2.83 bits per heavy atom. The third-order valence-electron chi connectivity index (χ3n) is 3.37. The highest BCUT2D eigenvalue weighted by atomic mass is 16.5. The highest BCUT2D eigenvalue weighted by Crippen LogP contribution is 2.46. The normalized spacial score (nSPS) is 21.9. The summed E-state index contributed by atoms with van der Waals surface area (Å²) in [6.07, 6.45) is 1.14. The molecule has 0 spiro atoms. The maximum Gasteiger partial charge on any atom is 0.260 e. The van der Waals surface area contributed by atoms with Crippen molar-refractivity contribution in [1.29, 1.82) is 0 Å². The van der Waals surface area contributed by atoms with Gasteiger partial charge in [0.1, 0.15) is 5.75 Å². The van der Waals surface area contributed by atoms with Crippen LogP contribution in [0.25, 0.3) is 11.5 Å². The van der Waals surface area contributed by atoms with Gasteiger partial charge in [0, 0.05) is 17.7 Å². The predicted molar refractivity (Wildman–Crippen MR) is 67.2 cm³/mol. The quantitative estimate of drug-likeness (QED) is 0.841. The Bertz CT molecular complexity index is 579. The van der Waals surface area contributed by atoms with Crippen LogP contribution in [0, 0.1) is 5.92 Å². The zero-order valence-electron chi connectivity index (χ0n) is 10.4. The summed E-state index contributed by atoms with van der Waals surface area (Å²) in [6, 6.07) is 5.41. The van der Waals surface area contributed by atoms with Crippen molar-refractivity contribution in [2.24, 2.45) is 5.92 Å². The molecule has 2 N–H and O–H groups in total. The van der Waals surface area contributed by atoms with Gasteiger partial charge in [-0.05, 0) is 24.5 Å². The van der Waals surface area contributed by atoms with Crippen molar-refractivity contribution in [3.63, 3.8) is 0 Å². The first-order valence-electron chi connectivity index (χ1n) is 5.96. The third kappa shape index (κ3) is 1.81. The van der Waals surface area contributed by atoms with E-state index >= 15 is 0 Å². The van der Waals surface area contributed by atoms with Gasteiger partial charge in [0.05, 0.1) is 12.7 Å². The molecule has 0 saturated heterocycles. The monoisotopic (exact) mass is 245 g/mol. The van der Waals surface area contributed by atoms with Gasteiger partial charge in [0.25, 0.3) is 5.89 Å². The molecular formula is C13H15N3O2. The highest BCUT2D eigenvalue weighted by molar-refractivity contribution is 5.71. The van der Waals surface area contributed by atoms with E-state index in [1.165, 1.54) is 0 Å². The minimum absolute atomic E-state index is 0.446. The molecule has 5 nitrogen and oxygen atoms in total. The van der Waals surface area contributed by atoms with E-state index in [0.717, 1.165) is 17.8 Å². The minimum Gasteiger partial charge on any atom is -0.497 e. The third-order valence-corrected chi connectivity index (χ3v) is 3.37. The van der Waals surface area contributed by atoms with Gasteiger partial charge in [-0.2, -0.15) is 4.98 Å². The molecule has 1 aromatic carbocycles. The first kappa shape index (κ1) is 11.1. The van der Waals surface area contributed by atoms with Gasteiger partial charge in [-0.3, -0.25) is 0 Å². The molecule has 1 aliphatic carbocycles. The van der Waals surface area contributed by atoms with Crippen LogP contribution < -0.4 is 10.5 Å². The molecule has 1 saturated carbocycles. The Hall–Kier alpha value is -2.04. The van der Waals surface area contributed by atoms with Crippen molar-refractivity contribution >= 4 is 5.69 Å². The SMILES string of the molecule is COc1ccc(-c2nc(C3CC3C)no2)c(N)c1. The predicted octanol–water partition coefficient (Wildman–Crippen LogP) is 2.45. The summed E-state index contributed by atoms with van der Waals surface area (Å²) in [4.78, 5) is 4.41. The van der Waals surface area contributed by atoms with Crippen molar-refractivity contribution in [2.45, 2.75) is 19.3 Å². The minimum atomic E-state index is 0.446. The Labute approximate surface area is 105 Å². The van der Waals surface area contributed by atoms with Crippen LogP contribution in [0.15, 0.2) is 22.7 Å². The molecule has 0 bridgehead atoms. The summed E-state index contributed by atoms with van der Waals surface area (Å²) in [7, 11) is 1.60. The van der Waals surface area contributed by atoms with E-state index in [1.54, 1.807) is 13.2 Å². The summed E-state index contributed by atoms with van der Waals surface area (Å²) < 4.78 is 10.4. The molecule has 0 aliphatic heterocycles. The molecule has 0 radical (unpaired) electrons. The summed E-state index contributed by atoms with van der Waals surface area (Å²) in [6.45, 7) is 2.18. The van der Waals surface area contributed by atoms with Crippen LogP contribution in [0.2, 0.25) is 0 Å². The van der Waals surface area contributed by atoms with Gasteiger partial charge in [0.2, 0.25) is 0 Å². The number of anilines is 1. The summed E-state index contributed by atoms with van der Waals surface area (Å²) in [5.41, 5.74) is 7.28. The van der Waals surface area contributed by atoms with E-state index in [0.29, 0.717) is 29.2 Å². The maximum atomic E-state index is 5.95. The molecule has 2 unspecified atom stereocenters. The van der Waals surface area contributed by atoms with Gasteiger partial charge in [-0.25, -0.2) is 0 Å². The summed E-state index contributed by atoms with van der Waals surface area (Å²) >= 11 is 0. The Morgan fingerprint density at radius 1 is 1.44 bits per heavy atom. The van der Waals surface area contributed by atoms with Crippen LogP contribution >= 0.6 is 0 Å². The fourth-order valence-corrected chi connectivity index (χ4v) is 2.04. The van der Waals surface area contributed by atoms with E-state index in [2.05, 4.69) is 17.1 Å². The lowest BCUT2D eigenvalue weighted by Gasteiger charge is -2.03. The van der Waals surface area contributed by atoms with Crippen molar-refractivity contribution in [3.8, 4) is 17.2 Å². The van der Waals surface area contributed by atoms with E-state index in [9.17, 15) is 0 Å². The van der Waals surface area contributed by atoms with Crippen LogP contribution in [-0.2, 0) is 0 Å². The van der Waals surface area contributed by atoms with Gasteiger partial charge in [0.15, 0.2) is 5.82 Å². The van der Waals surface area contributed by atoms with E-state index < -0.39 is 0 Å². The number of nitrogens with zero attached hydrogens (tertiary/aromatic N) is 2. The van der Waals surface area contributed by atoms with Gasteiger partial charge in [-0.1, -0.05) is 12.1 Å². The number of ether oxygens (including phenoxy) is 1. The zero-order valence-corrected chi connectivity index (χ0v) is 10.4. The van der Waals surface area contributed by atoms with E-state index in [4.69, 9.17) is 15.0 Å².